The first-order chi connectivity index (χ1) is 27.5. The zero-order valence-electron chi connectivity index (χ0n) is 34.0. The van der Waals surface area contributed by atoms with Crippen LogP contribution in [0.2, 0.25) is 0 Å². The molecule has 0 saturated carbocycles. The minimum atomic E-state index is -0.655. The molecule has 302 valence electrons. The van der Waals surface area contributed by atoms with Crippen LogP contribution in [0, 0.1) is 11.8 Å². The van der Waals surface area contributed by atoms with Gasteiger partial charge >= 0.3 is 12.2 Å². The second-order valence-corrected chi connectivity index (χ2v) is 16.4. The van der Waals surface area contributed by atoms with Crippen molar-refractivity contribution in [2.75, 3.05) is 27.3 Å². The molecular formula is C45H56N6O6. The number of amides is 4. The van der Waals surface area contributed by atoms with Crippen LogP contribution in [0.15, 0.2) is 59.7 Å². The summed E-state index contributed by atoms with van der Waals surface area (Å²) < 4.78 is 9.60. The third-order valence-electron chi connectivity index (χ3n) is 12.2. The predicted molar refractivity (Wildman–Crippen MR) is 220 cm³/mol. The number of rotatable bonds is 11. The molecule has 3 N–H and O–H groups in total. The molecule has 12 heteroatoms. The van der Waals surface area contributed by atoms with E-state index in [1.54, 1.807) is 0 Å². The first-order valence-corrected chi connectivity index (χ1v) is 20.5. The molecule has 12 nitrogen and oxygen atoms in total. The number of allylic oxidation sites excluding steroid dienone is 1. The van der Waals surface area contributed by atoms with Gasteiger partial charge in [-0.3, -0.25) is 14.6 Å². The molecule has 3 aromatic rings. The molecule has 2 saturated heterocycles. The van der Waals surface area contributed by atoms with Crippen LogP contribution in [0.25, 0.3) is 28.0 Å². The maximum Gasteiger partial charge on any atom is 0.407 e. The number of hydrogen-bond donors (Lipinski definition) is 3. The molecule has 0 spiro atoms. The molecule has 4 atom stereocenters. The summed E-state index contributed by atoms with van der Waals surface area (Å²) in [6.45, 7) is 9.03. The van der Waals surface area contributed by atoms with E-state index in [1.165, 1.54) is 25.3 Å². The Morgan fingerprint density at radius 3 is 1.72 bits per heavy atom. The summed E-state index contributed by atoms with van der Waals surface area (Å²) in [7, 11) is 2.62. The highest BCUT2D eigenvalue weighted by Gasteiger charge is 2.40. The van der Waals surface area contributed by atoms with Gasteiger partial charge in [0.2, 0.25) is 11.8 Å². The third-order valence-corrected chi connectivity index (χ3v) is 12.2. The summed E-state index contributed by atoms with van der Waals surface area (Å²) in [5.41, 5.74) is 11.5. The Hall–Kier alpha value is -5.39. The SMILES string of the molecule is COC(=O)N[C@H](C(=O)N1CCCC1C1=NC=C(c2ccc(-c3ccc(-c4[nH]c(C5CCCN5C(=O)[C@@H](NC(=O)OC)C(C)C)c5c4CCC5)cc3)cc2)C1)C(C)C. The lowest BCUT2D eigenvalue weighted by molar-refractivity contribution is -0.135. The zero-order valence-corrected chi connectivity index (χ0v) is 34.0. The Bertz CT molecular complexity index is 2050. The first-order valence-electron chi connectivity index (χ1n) is 20.5. The number of carbonyl (C=O) groups is 4. The van der Waals surface area contributed by atoms with E-state index in [0.29, 0.717) is 19.5 Å². The van der Waals surface area contributed by atoms with Gasteiger partial charge in [0, 0.05) is 42.8 Å². The average molecular weight is 777 g/mol. The van der Waals surface area contributed by atoms with Gasteiger partial charge in [0.25, 0.3) is 0 Å². The van der Waals surface area contributed by atoms with Crippen LogP contribution in [-0.4, -0.2) is 89.9 Å². The third kappa shape index (κ3) is 8.09. The van der Waals surface area contributed by atoms with Gasteiger partial charge in [0.1, 0.15) is 12.1 Å². The van der Waals surface area contributed by atoms with Gasteiger partial charge in [0.15, 0.2) is 0 Å². The molecule has 0 radical (unpaired) electrons. The maximum absolute atomic E-state index is 13.9. The zero-order chi connectivity index (χ0) is 40.4. The van der Waals surface area contributed by atoms with Gasteiger partial charge in [-0.2, -0.15) is 0 Å². The second kappa shape index (κ2) is 17.0. The van der Waals surface area contributed by atoms with Crippen LogP contribution < -0.4 is 10.6 Å². The minimum Gasteiger partial charge on any atom is -0.453 e. The number of nitrogens with zero attached hydrogens (tertiary/aromatic N) is 3. The minimum absolute atomic E-state index is 0.0554. The van der Waals surface area contributed by atoms with Crippen molar-refractivity contribution in [1.82, 2.24) is 25.4 Å². The molecular weight excluding hydrogens is 721 g/mol. The van der Waals surface area contributed by atoms with Gasteiger partial charge in [-0.25, -0.2) is 9.59 Å². The molecule has 3 aliphatic heterocycles. The number of carbonyl (C=O) groups excluding carboxylic acids is 4. The van der Waals surface area contributed by atoms with E-state index in [1.807, 2.05) is 43.7 Å². The Morgan fingerprint density at radius 2 is 1.18 bits per heavy atom. The number of ether oxygens (including phenoxy) is 2. The summed E-state index contributed by atoms with van der Waals surface area (Å²) in [6.07, 6.45) is 8.04. The lowest BCUT2D eigenvalue weighted by Crippen LogP contribution is -2.53. The van der Waals surface area contributed by atoms with E-state index < -0.39 is 24.3 Å². The Morgan fingerprint density at radius 1 is 0.684 bits per heavy atom. The summed E-state index contributed by atoms with van der Waals surface area (Å²) >= 11 is 0. The smallest absolute Gasteiger partial charge is 0.407 e. The molecule has 4 heterocycles. The van der Waals surface area contributed by atoms with Crippen LogP contribution in [0.3, 0.4) is 0 Å². The lowest BCUT2D eigenvalue weighted by atomic mass is 9.95. The molecule has 1 aliphatic carbocycles. The lowest BCUT2D eigenvalue weighted by Gasteiger charge is -2.31. The standard InChI is InChI=1S/C45H56N6O6/c1-26(2)38(48-44(54)56-5)42(52)50-22-8-12-36(50)35-24-32(25-46-35)30-16-14-28(15-17-30)29-18-20-31(21-19-29)40-33-10-7-11-34(33)41(47-40)37-13-9-23-51(37)43(53)39(27(3)4)49-45(55)57-6/h14-21,25-27,36-39,47H,7-13,22-24H2,1-6H3,(H,48,54)(H,49,55)/t36?,37?,38-,39-/m0/s1. The van der Waals surface area contributed by atoms with Gasteiger partial charge in [-0.1, -0.05) is 76.2 Å². The van der Waals surface area contributed by atoms with E-state index in [4.69, 9.17) is 14.5 Å². The number of aromatic nitrogens is 1. The highest BCUT2D eigenvalue weighted by molar-refractivity contribution is 6.04. The van der Waals surface area contributed by atoms with Crippen molar-refractivity contribution in [2.24, 2.45) is 16.8 Å². The summed E-state index contributed by atoms with van der Waals surface area (Å²) in [6, 6.07) is 15.8. The quantitative estimate of drug-likeness (QED) is 0.185. The average Bonchev–Trinajstić information content (AvgIpc) is 4.07. The molecule has 1 aromatic heterocycles. The van der Waals surface area contributed by atoms with Crippen LogP contribution in [0.4, 0.5) is 9.59 Å². The number of likely N-dealkylation sites (tertiary alicyclic amines) is 2. The monoisotopic (exact) mass is 776 g/mol. The number of fused-ring (bicyclic) bond motifs is 1. The van der Waals surface area contributed by atoms with E-state index in [2.05, 4.69) is 64.1 Å². The highest BCUT2D eigenvalue weighted by Crippen LogP contribution is 2.42. The number of alkyl carbamates (subject to hydrolysis) is 2. The van der Waals surface area contributed by atoms with Crippen molar-refractivity contribution in [3.8, 4) is 22.4 Å². The molecule has 0 bridgehead atoms. The Labute approximate surface area is 335 Å². The van der Waals surface area contributed by atoms with Gasteiger partial charge < -0.3 is 34.9 Å². The topological polar surface area (TPSA) is 145 Å². The highest BCUT2D eigenvalue weighted by atomic mass is 16.5. The Balaban J connectivity index is 1.02. The predicted octanol–water partition coefficient (Wildman–Crippen LogP) is 7.44. The van der Waals surface area contributed by atoms with Crippen molar-refractivity contribution in [2.45, 2.75) is 103 Å². The normalized spacial score (nSPS) is 20.0. The van der Waals surface area contributed by atoms with Gasteiger partial charge in [-0.05, 0) is 95.7 Å². The molecule has 7 rings (SSSR count). The largest absolute Gasteiger partial charge is 0.453 e. The fourth-order valence-corrected chi connectivity index (χ4v) is 9.13. The summed E-state index contributed by atoms with van der Waals surface area (Å²) in [4.78, 5) is 64.0. The van der Waals surface area contributed by atoms with Crippen molar-refractivity contribution in [3.63, 3.8) is 0 Å². The molecule has 2 fully saturated rings. The van der Waals surface area contributed by atoms with Crippen molar-refractivity contribution < 1.29 is 28.7 Å². The fourth-order valence-electron chi connectivity index (χ4n) is 9.13. The second-order valence-electron chi connectivity index (χ2n) is 16.4. The van der Waals surface area contributed by atoms with E-state index in [0.717, 1.165) is 89.9 Å². The van der Waals surface area contributed by atoms with Crippen LogP contribution in [0.5, 0.6) is 0 Å². The van der Waals surface area contributed by atoms with E-state index in [-0.39, 0.29) is 35.7 Å². The number of aromatic amines is 1. The molecule has 4 amide bonds. The Kier molecular flexibility index (Phi) is 11.9. The summed E-state index contributed by atoms with van der Waals surface area (Å²) in [5.74, 6) is -0.312. The molecule has 2 aromatic carbocycles. The van der Waals surface area contributed by atoms with Gasteiger partial charge in [-0.15, -0.1) is 0 Å². The fraction of sp³-hybridized carbons (Fsp3) is 0.489. The first kappa shape index (κ1) is 39.8. The number of H-pyrrole nitrogens is 1. The van der Waals surface area contributed by atoms with E-state index >= 15 is 0 Å². The molecule has 4 aliphatic rings. The summed E-state index contributed by atoms with van der Waals surface area (Å²) in [5, 5.41) is 5.49. The van der Waals surface area contributed by atoms with Crippen molar-refractivity contribution in [3.05, 3.63) is 77.1 Å². The number of benzene rings is 2. The number of nitrogens with one attached hydrogen (secondary N) is 3. The van der Waals surface area contributed by atoms with Gasteiger partial charge in [0.05, 0.1) is 26.3 Å². The van der Waals surface area contributed by atoms with Crippen LogP contribution in [0.1, 0.15) is 94.6 Å². The molecule has 57 heavy (non-hydrogen) atoms. The van der Waals surface area contributed by atoms with Crippen LogP contribution in [-0.2, 0) is 31.9 Å². The van der Waals surface area contributed by atoms with Crippen molar-refractivity contribution in [1.29, 1.82) is 0 Å². The van der Waals surface area contributed by atoms with Crippen molar-refractivity contribution >= 4 is 35.3 Å². The van der Waals surface area contributed by atoms with E-state index in [9.17, 15) is 19.2 Å². The number of methoxy groups -OCH3 is 2. The maximum atomic E-state index is 13.9. The van der Waals surface area contributed by atoms with Crippen LogP contribution >= 0.6 is 0 Å². The number of aliphatic imine (C=N–C) groups is 1. The number of hydrogen-bond acceptors (Lipinski definition) is 7. The molecule has 2 unspecified atom stereocenters.